The summed E-state index contributed by atoms with van der Waals surface area (Å²) in [6.45, 7) is 4.32. The second-order valence-corrected chi connectivity index (χ2v) is 9.06. The van der Waals surface area contributed by atoms with Gasteiger partial charge in [0.05, 0.1) is 16.7 Å². The van der Waals surface area contributed by atoms with Crippen molar-refractivity contribution in [1.29, 1.82) is 0 Å². The second kappa shape index (κ2) is 7.50. The van der Waals surface area contributed by atoms with Gasteiger partial charge in [-0.05, 0) is 36.1 Å². The van der Waals surface area contributed by atoms with Gasteiger partial charge in [-0.15, -0.1) is 0 Å². The maximum absolute atomic E-state index is 11.0. The van der Waals surface area contributed by atoms with Crippen LogP contribution in [0.25, 0.3) is 0 Å². The summed E-state index contributed by atoms with van der Waals surface area (Å²) >= 11 is 0. The highest BCUT2D eigenvalue weighted by molar-refractivity contribution is 8.24. The van der Waals surface area contributed by atoms with E-state index in [1.165, 1.54) is 0 Å². The zero-order valence-electron chi connectivity index (χ0n) is 15.0. The van der Waals surface area contributed by atoms with Crippen LogP contribution in [0, 0.1) is 6.07 Å². The number of rotatable bonds is 5. The summed E-state index contributed by atoms with van der Waals surface area (Å²) in [6.07, 6.45) is 3.97. The molecule has 0 saturated heterocycles. The zero-order valence-corrected chi connectivity index (χ0v) is 15.9. The van der Waals surface area contributed by atoms with Crippen molar-refractivity contribution in [2.75, 3.05) is 5.75 Å². The first-order chi connectivity index (χ1) is 12.0. The smallest absolute Gasteiger partial charge is 0.0642 e. The molecule has 0 fully saturated rings. The highest BCUT2D eigenvalue weighted by Crippen LogP contribution is 2.56. The fourth-order valence-corrected chi connectivity index (χ4v) is 5.96. The number of hydrogen-bond acceptors (Lipinski definition) is 3. The van der Waals surface area contributed by atoms with Crippen molar-refractivity contribution < 1.29 is 9.11 Å². The molecule has 0 unspecified atom stereocenters. The van der Waals surface area contributed by atoms with Crippen molar-refractivity contribution in [3.8, 4) is 0 Å². The zero-order chi connectivity index (χ0) is 17.9. The molecule has 1 heterocycles. The molecule has 2 aromatic rings. The van der Waals surface area contributed by atoms with Gasteiger partial charge < -0.3 is 0 Å². The van der Waals surface area contributed by atoms with Crippen LogP contribution < -0.4 is 5.32 Å². The summed E-state index contributed by atoms with van der Waals surface area (Å²) in [7, 11) is -2.86. The van der Waals surface area contributed by atoms with Gasteiger partial charge in [-0.2, -0.15) is 10.6 Å². The highest BCUT2D eigenvalue weighted by atomic mass is 32.3. The van der Waals surface area contributed by atoms with Crippen molar-refractivity contribution in [2.24, 2.45) is 0 Å². The van der Waals surface area contributed by atoms with Gasteiger partial charge in [-0.3, -0.25) is 14.4 Å². The fourth-order valence-electron chi connectivity index (χ4n) is 3.79. The Hall–Kier alpha value is -1.33. The van der Waals surface area contributed by atoms with Crippen molar-refractivity contribution in [3.05, 3.63) is 65.7 Å². The number of benzene rings is 2. The van der Waals surface area contributed by atoms with Crippen LogP contribution in [0.3, 0.4) is 0 Å². The third-order valence-corrected chi connectivity index (χ3v) is 7.28. The Balaban J connectivity index is 2.13. The summed E-state index contributed by atoms with van der Waals surface area (Å²) in [4.78, 5) is 0.642. The van der Waals surface area contributed by atoms with Crippen LogP contribution in [0.2, 0.25) is 0 Å². The van der Waals surface area contributed by atoms with E-state index in [4.69, 9.17) is 0 Å². The Labute approximate surface area is 152 Å². The van der Waals surface area contributed by atoms with E-state index in [1.807, 2.05) is 30.3 Å². The summed E-state index contributed by atoms with van der Waals surface area (Å²) in [6, 6.07) is 18.9. The van der Waals surface area contributed by atoms with E-state index in [1.54, 1.807) is 6.07 Å². The topological polar surface area (TPSA) is 52.5 Å². The summed E-state index contributed by atoms with van der Waals surface area (Å²) in [5.74, 6) is 0.366. The average molecular weight is 359 g/mol. The quantitative estimate of drug-likeness (QED) is 0.649. The maximum Gasteiger partial charge on any atom is 0.0642 e. The third-order valence-electron chi connectivity index (χ3n) is 5.27. The number of hydrogen-bond donors (Lipinski definition) is 3. The van der Waals surface area contributed by atoms with E-state index >= 15 is 0 Å². The molecular formula is C21H28NO2S. The Kier molecular flexibility index (Phi) is 5.54. The minimum Gasteiger partial charge on any atom is -0.299 e. The van der Waals surface area contributed by atoms with Crippen LogP contribution in [0.15, 0.2) is 53.4 Å². The average Bonchev–Trinajstić information content (AvgIpc) is 2.74. The van der Waals surface area contributed by atoms with Gasteiger partial charge in [-0.25, -0.2) is 0 Å². The first kappa shape index (κ1) is 18.5. The Morgan fingerprint density at radius 2 is 1.96 bits per heavy atom. The van der Waals surface area contributed by atoms with Gasteiger partial charge in [0.25, 0.3) is 0 Å². The normalized spacial score (nSPS) is 26.5. The highest BCUT2D eigenvalue weighted by Gasteiger charge is 2.41. The molecule has 1 aliphatic rings. The van der Waals surface area contributed by atoms with Crippen molar-refractivity contribution in [1.82, 2.24) is 5.32 Å². The first-order valence-electron chi connectivity index (χ1n) is 9.10. The van der Waals surface area contributed by atoms with E-state index in [9.17, 15) is 9.11 Å². The van der Waals surface area contributed by atoms with Crippen LogP contribution in [-0.2, 0) is 0 Å². The molecule has 3 N–H and O–H groups in total. The molecule has 3 rings (SSSR count). The van der Waals surface area contributed by atoms with Gasteiger partial charge in [0, 0.05) is 5.54 Å². The monoisotopic (exact) mass is 358 g/mol. The van der Waals surface area contributed by atoms with Gasteiger partial charge >= 0.3 is 0 Å². The van der Waals surface area contributed by atoms with Crippen molar-refractivity contribution in [3.63, 3.8) is 0 Å². The lowest BCUT2D eigenvalue weighted by atomic mass is 9.88. The molecule has 0 saturated carbocycles. The molecule has 0 bridgehead atoms. The predicted octanol–water partition coefficient (Wildman–Crippen LogP) is 5.63. The predicted molar refractivity (Wildman–Crippen MR) is 105 cm³/mol. The van der Waals surface area contributed by atoms with Crippen molar-refractivity contribution in [2.45, 2.75) is 56.0 Å². The van der Waals surface area contributed by atoms with Gasteiger partial charge in [-0.1, -0.05) is 69.2 Å². The number of unbranched alkanes of at least 4 members (excludes halogenated alkanes) is 1. The number of nitrogens with one attached hydrogen (secondary N) is 1. The van der Waals surface area contributed by atoms with Crippen LogP contribution in [0.5, 0.6) is 0 Å². The Morgan fingerprint density at radius 3 is 2.64 bits per heavy atom. The Bertz CT molecular complexity index is 704. The van der Waals surface area contributed by atoms with Crippen LogP contribution in [0.4, 0.5) is 0 Å². The fraction of sp³-hybridized carbons (Fsp3) is 0.429. The van der Waals surface area contributed by atoms with E-state index in [0.717, 1.165) is 36.8 Å². The molecule has 1 radical (unpaired) electrons. The largest absolute Gasteiger partial charge is 0.299 e. The molecule has 2 aromatic carbocycles. The molecule has 0 aliphatic carbocycles. The van der Waals surface area contributed by atoms with Crippen LogP contribution >= 0.6 is 10.6 Å². The van der Waals surface area contributed by atoms with Crippen molar-refractivity contribution >= 4 is 10.6 Å². The van der Waals surface area contributed by atoms with Gasteiger partial charge in [0.15, 0.2) is 0 Å². The van der Waals surface area contributed by atoms with E-state index < -0.39 is 10.6 Å². The summed E-state index contributed by atoms with van der Waals surface area (Å²) in [5, 5.41) is 3.83. The molecular weight excluding hydrogens is 330 g/mol. The second-order valence-electron chi connectivity index (χ2n) is 7.00. The minimum absolute atomic E-state index is 0.0451. The Morgan fingerprint density at radius 1 is 1.20 bits per heavy atom. The lowest BCUT2D eigenvalue weighted by Gasteiger charge is -2.42. The molecule has 135 valence electrons. The maximum atomic E-state index is 11.0. The lowest BCUT2D eigenvalue weighted by Crippen LogP contribution is -2.49. The molecule has 0 aromatic heterocycles. The molecule has 1 aliphatic heterocycles. The van der Waals surface area contributed by atoms with Crippen LogP contribution in [0.1, 0.15) is 56.7 Å². The lowest BCUT2D eigenvalue weighted by molar-refractivity contribution is 0.290. The summed E-state index contributed by atoms with van der Waals surface area (Å²) < 4.78 is 22.0. The standard InChI is InChI=1S/C21H28NO2S/c1-3-5-15-21(4-2)16-25(23,24)19-14-10-9-13-18(19)20(22-21)17-11-7-6-8-12-17/h6-9,11-14,20,22-24H,3-5,15-16H2,1-2H3/t20-,21-/m1/s1. The van der Waals surface area contributed by atoms with E-state index in [2.05, 4.69) is 37.4 Å². The van der Waals surface area contributed by atoms with Crippen LogP contribution in [-0.4, -0.2) is 20.4 Å². The number of fused-ring (bicyclic) bond motifs is 1. The SMILES string of the molecule is CCCC[C@]1(CC)CS(O)(O)c2c[c]ccc2[C@@H](c2ccccc2)N1. The van der Waals surface area contributed by atoms with Gasteiger partial charge in [0.2, 0.25) is 0 Å². The molecule has 3 nitrogen and oxygen atoms in total. The minimum atomic E-state index is -2.86. The van der Waals surface area contributed by atoms with Gasteiger partial charge in [0.1, 0.15) is 0 Å². The first-order valence-corrected chi connectivity index (χ1v) is 10.8. The molecule has 0 amide bonds. The summed E-state index contributed by atoms with van der Waals surface area (Å²) in [5.41, 5.74) is 1.83. The van der Waals surface area contributed by atoms with E-state index in [0.29, 0.717) is 10.6 Å². The molecule has 2 atom stereocenters. The third kappa shape index (κ3) is 3.77. The molecule has 4 heteroatoms. The van der Waals surface area contributed by atoms with E-state index in [-0.39, 0.29) is 11.6 Å². The molecule has 0 spiro atoms. The molecule has 25 heavy (non-hydrogen) atoms.